The van der Waals surface area contributed by atoms with Gasteiger partial charge in [-0.1, -0.05) is 60.1 Å². The van der Waals surface area contributed by atoms with E-state index in [-0.39, 0.29) is 16.9 Å². The maximum Gasteiger partial charge on any atom is 0.0628 e. The average Bonchev–Trinajstić information content (AvgIpc) is 2.72. The zero-order valence-electron chi connectivity index (χ0n) is 22.1. The molecule has 0 amide bonds. The first-order chi connectivity index (χ1) is 14.8. The van der Waals surface area contributed by atoms with Crippen molar-refractivity contribution in [2.24, 2.45) is 50.2 Å². The lowest BCUT2D eigenvalue weighted by Gasteiger charge is -2.73. The van der Waals surface area contributed by atoms with Crippen LogP contribution in [-0.4, -0.2) is 22.9 Å². The Kier molecular flexibility index (Phi) is 5.02. The summed E-state index contributed by atoms with van der Waals surface area (Å²) < 4.78 is 0. The van der Waals surface area contributed by atoms with E-state index in [4.69, 9.17) is 0 Å². The molecular formula is C30H50O2. The van der Waals surface area contributed by atoms with E-state index < -0.39 is 0 Å². The number of aliphatic hydroxyl groups is 2. The van der Waals surface area contributed by atoms with Crippen LogP contribution in [0.15, 0.2) is 11.6 Å². The third kappa shape index (κ3) is 2.78. The Balaban J connectivity index is 1.57. The number of aliphatic hydroxyl groups excluding tert-OH is 2. The zero-order chi connectivity index (χ0) is 23.4. The average molecular weight is 443 g/mol. The smallest absolute Gasteiger partial charge is 0.0628 e. The maximum atomic E-state index is 10.8. The highest BCUT2D eigenvalue weighted by Gasteiger charge is 2.69. The van der Waals surface area contributed by atoms with Crippen LogP contribution in [0.4, 0.5) is 0 Å². The second kappa shape index (κ2) is 6.87. The van der Waals surface area contributed by atoms with Crippen LogP contribution in [0, 0.1) is 50.2 Å². The summed E-state index contributed by atoms with van der Waals surface area (Å²) in [7, 11) is 0. The lowest BCUT2D eigenvalue weighted by atomic mass is 9.31. The predicted octanol–water partition coefficient (Wildman–Crippen LogP) is 7.14. The zero-order valence-corrected chi connectivity index (χ0v) is 22.1. The van der Waals surface area contributed by atoms with Crippen LogP contribution in [0.25, 0.3) is 0 Å². The number of rotatable bonds is 1. The summed E-state index contributed by atoms with van der Waals surface area (Å²) in [5.74, 6) is 1.99. The number of fused-ring (bicyclic) bond motifs is 7. The molecule has 5 aliphatic carbocycles. The monoisotopic (exact) mass is 442 g/mol. The molecule has 0 aromatic heterocycles. The lowest BCUT2D eigenvalue weighted by Crippen LogP contribution is -2.66. The van der Waals surface area contributed by atoms with Crippen molar-refractivity contribution in [2.75, 3.05) is 6.61 Å². The number of hydrogen-bond acceptors (Lipinski definition) is 2. The van der Waals surface area contributed by atoms with Crippen molar-refractivity contribution in [3.63, 3.8) is 0 Å². The maximum absolute atomic E-state index is 10.8. The third-order valence-electron chi connectivity index (χ3n) is 13.1. The molecule has 2 heteroatoms. The molecule has 4 fully saturated rings. The van der Waals surface area contributed by atoms with Gasteiger partial charge in [0.2, 0.25) is 0 Å². The molecule has 5 rings (SSSR count). The van der Waals surface area contributed by atoms with Crippen LogP contribution in [0.3, 0.4) is 0 Å². The Morgan fingerprint density at radius 3 is 2.12 bits per heavy atom. The van der Waals surface area contributed by atoms with Crippen molar-refractivity contribution in [2.45, 2.75) is 119 Å². The molecule has 2 nitrogen and oxygen atoms in total. The highest BCUT2D eigenvalue weighted by Crippen LogP contribution is 2.77. The number of allylic oxidation sites excluding steroid dienone is 1. The van der Waals surface area contributed by atoms with Crippen LogP contribution in [0.5, 0.6) is 0 Å². The summed E-state index contributed by atoms with van der Waals surface area (Å²) >= 11 is 0. The quantitative estimate of drug-likeness (QED) is 0.424. The van der Waals surface area contributed by atoms with Crippen LogP contribution >= 0.6 is 0 Å². The summed E-state index contributed by atoms with van der Waals surface area (Å²) in [6.07, 6.45) is 14.6. The van der Waals surface area contributed by atoms with Gasteiger partial charge in [0.25, 0.3) is 0 Å². The van der Waals surface area contributed by atoms with E-state index in [1.165, 1.54) is 51.4 Å². The molecule has 2 N–H and O–H groups in total. The first-order valence-corrected chi connectivity index (χ1v) is 13.8. The van der Waals surface area contributed by atoms with Gasteiger partial charge in [0, 0.05) is 12.0 Å². The molecule has 0 heterocycles. The highest BCUT2D eigenvalue weighted by atomic mass is 16.3. The molecule has 0 bridgehead atoms. The van der Waals surface area contributed by atoms with Gasteiger partial charge >= 0.3 is 0 Å². The van der Waals surface area contributed by atoms with Gasteiger partial charge in [-0.25, -0.2) is 0 Å². The highest BCUT2D eigenvalue weighted by molar-refractivity contribution is 5.30. The van der Waals surface area contributed by atoms with E-state index in [1.54, 1.807) is 5.57 Å². The lowest BCUT2D eigenvalue weighted by molar-refractivity contribution is -0.240. The van der Waals surface area contributed by atoms with E-state index in [1.807, 2.05) is 0 Å². The summed E-state index contributed by atoms with van der Waals surface area (Å²) in [5, 5.41) is 21.5. The summed E-state index contributed by atoms with van der Waals surface area (Å²) in [5.41, 5.74) is 3.04. The van der Waals surface area contributed by atoms with Gasteiger partial charge in [0.15, 0.2) is 0 Å². The summed E-state index contributed by atoms with van der Waals surface area (Å²) in [6, 6.07) is 0. The minimum atomic E-state index is -0.195. The normalized spacial score (nSPS) is 53.8. The topological polar surface area (TPSA) is 40.5 Å². The minimum absolute atomic E-state index is 0.0788. The van der Waals surface area contributed by atoms with Gasteiger partial charge in [0.1, 0.15) is 0 Å². The van der Waals surface area contributed by atoms with Gasteiger partial charge in [0.05, 0.1) is 6.10 Å². The largest absolute Gasteiger partial charge is 0.396 e. The van der Waals surface area contributed by atoms with Crippen molar-refractivity contribution in [1.82, 2.24) is 0 Å². The molecule has 32 heavy (non-hydrogen) atoms. The first-order valence-electron chi connectivity index (χ1n) is 13.8. The second-order valence-electron chi connectivity index (χ2n) is 15.1. The Hall–Kier alpha value is -0.340. The summed E-state index contributed by atoms with van der Waals surface area (Å²) in [4.78, 5) is 0. The Bertz CT molecular complexity index is 810. The molecule has 0 saturated heterocycles. The predicted molar refractivity (Wildman–Crippen MR) is 132 cm³/mol. The SMILES string of the molecule is CC1(C)CCC2(CO)CCC3(C)C4CC=C5C(CCC(O)C5(C)C)C4(C)CCC3(C)C2C1. The van der Waals surface area contributed by atoms with Gasteiger partial charge in [-0.15, -0.1) is 0 Å². The second-order valence-corrected chi connectivity index (χ2v) is 15.1. The van der Waals surface area contributed by atoms with Gasteiger partial charge in [-0.3, -0.25) is 0 Å². The Morgan fingerprint density at radius 2 is 1.44 bits per heavy atom. The van der Waals surface area contributed by atoms with Crippen molar-refractivity contribution in [3.05, 3.63) is 11.6 Å². The van der Waals surface area contributed by atoms with E-state index in [2.05, 4.69) is 54.5 Å². The molecule has 5 aliphatic rings. The van der Waals surface area contributed by atoms with Gasteiger partial charge < -0.3 is 10.2 Å². The van der Waals surface area contributed by atoms with E-state index in [0.29, 0.717) is 40.1 Å². The molecule has 4 saturated carbocycles. The molecule has 8 unspecified atom stereocenters. The van der Waals surface area contributed by atoms with Crippen LogP contribution in [-0.2, 0) is 0 Å². The fourth-order valence-corrected chi connectivity index (χ4v) is 10.5. The van der Waals surface area contributed by atoms with E-state index >= 15 is 0 Å². The van der Waals surface area contributed by atoms with Crippen molar-refractivity contribution in [3.8, 4) is 0 Å². The van der Waals surface area contributed by atoms with Gasteiger partial charge in [-0.05, 0) is 109 Å². The summed E-state index contributed by atoms with van der Waals surface area (Å²) in [6.45, 7) is 17.9. The van der Waals surface area contributed by atoms with Crippen LogP contribution < -0.4 is 0 Å². The number of hydrogen-bond donors (Lipinski definition) is 2. The van der Waals surface area contributed by atoms with E-state index in [9.17, 15) is 10.2 Å². The molecule has 0 radical (unpaired) electrons. The molecule has 0 aromatic rings. The van der Waals surface area contributed by atoms with Gasteiger partial charge in [-0.2, -0.15) is 0 Å². The van der Waals surface area contributed by atoms with Crippen molar-refractivity contribution < 1.29 is 10.2 Å². The van der Waals surface area contributed by atoms with Crippen LogP contribution in [0.1, 0.15) is 113 Å². The molecule has 0 aromatic carbocycles. The molecule has 0 spiro atoms. The molecular weight excluding hydrogens is 392 g/mol. The van der Waals surface area contributed by atoms with E-state index in [0.717, 1.165) is 18.8 Å². The fourth-order valence-electron chi connectivity index (χ4n) is 10.5. The minimum Gasteiger partial charge on any atom is -0.396 e. The van der Waals surface area contributed by atoms with Crippen molar-refractivity contribution >= 4 is 0 Å². The Morgan fingerprint density at radius 1 is 0.812 bits per heavy atom. The third-order valence-corrected chi connectivity index (χ3v) is 13.1. The van der Waals surface area contributed by atoms with Crippen molar-refractivity contribution in [1.29, 1.82) is 0 Å². The molecule has 8 atom stereocenters. The van der Waals surface area contributed by atoms with Crippen LogP contribution in [0.2, 0.25) is 0 Å². The first kappa shape index (κ1) is 23.4. The molecule has 0 aliphatic heterocycles. The standard InChI is InChI=1S/C30H50O2/c1-25(2)12-16-30(19-31)17-15-28(6)22-10-8-20-21(9-11-24(32)26(20,3)4)27(22,5)13-14-29(28,7)23(30)18-25/h8,21-24,31-32H,9-19H2,1-7H3. The fraction of sp³-hybridized carbons (Fsp3) is 0.933. The molecule has 182 valence electrons. The Labute approximate surface area is 197 Å².